The number of benzene rings is 2. The summed E-state index contributed by atoms with van der Waals surface area (Å²) < 4.78 is 14.0. The van der Waals surface area contributed by atoms with Gasteiger partial charge in [-0.15, -0.1) is 0 Å². The number of rotatable bonds is 7. The lowest BCUT2D eigenvalue weighted by molar-refractivity contribution is -0.136. The minimum atomic E-state index is -0.671. The molecule has 1 aliphatic heterocycles. The second-order valence-electron chi connectivity index (χ2n) is 7.58. The molecule has 2 aromatic rings. The minimum Gasteiger partial charge on any atom is -0.347 e. The molecule has 0 radical (unpaired) electrons. The monoisotopic (exact) mass is 446 g/mol. The summed E-state index contributed by atoms with van der Waals surface area (Å²) >= 11 is 6.12. The van der Waals surface area contributed by atoms with Crippen molar-refractivity contribution in [2.75, 3.05) is 44.6 Å². The van der Waals surface area contributed by atoms with Crippen LogP contribution in [0.1, 0.15) is 18.1 Å². The summed E-state index contributed by atoms with van der Waals surface area (Å²) in [5.74, 6) is -1.60. The molecular formula is C23H28ClFN4O2. The van der Waals surface area contributed by atoms with Crippen molar-refractivity contribution in [3.63, 3.8) is 0 Å². The van der Waals surface area contributed by atoms with Crippen LogP contribution in [0.3, 0.4) is 0 Å². The van der Waals surface area contributed by atoms with E-state index >= 15 is 0 Å². The third-order valence-electron chi connectivity index (χ3n) is 5.45. The van der Waals surface area contributed by atoms with E-state index < -0.39 is 11.8 Å². The van der Waals surface area contributed by atoms with Gasteiger partial charge in [0.25, 0.3) is 0 Å². The molecule has 1 heterocycles. The fourth-order valence-electron chi connectivity index (χ4n) is 3.50. The summed E-state index contributed by atoms with van der Waals surface area (Å²) in [5.41, 5.74) is 2.29. The van der Waals surface area contributed by atoms with Crippen LogP contribution in [0.25, 0.3) is 0 Å². The zero-order chi connectivity index (χ0) is 22.2. The van der Waals surface area contributed by atoms with Gasteiger partial charge in [0, 0.05) is 62.1 Å². The second-order valence-corrected chi connectivity index (χ2v) is 7.99. The number of piperazine rings is 1. The first-order valence-corrected chi connectivity index (χ1v) is 10.9. The summed E-state index contributed by atoms with van der Waals surface area (Å²) in [6, 6.07) is 12.2. The van der Waals surface area contributed by atoms with Crippen molar-refractivity contribution in [3.8, 4) is 0 Å². The van der Waals surface area contributed by atoms with Crippen LogP contribution in [0, 0.1) is 5.82 Å². The van der Waals surface area contributed by atoms with Crippen LogP contribution in [-0.4, -0.2) is 60.9 Å². The molecule has 0 unspecified atom stereocenters. The predicted octanol–water partition coefficient (Wildman–Crippen LogP) is 2.91. The van der Waals surface area contributed by atoms with E-state index in [-0.39, 0.29) is 5.82 Å². The topological polar surface area (TPSA) is 64.7 Å². The maximum Gasteiger partial charge on any atom is 0.313 e. The number of carbonyl (C=O) groups excluding carboxylic acids is 2. The predicted molar refractivity (Wildman–Crippen MR) is 121 cm³/mol. The number of carbonyl (C=O) groups is 2. The number of amides is 2. The Labute approximate surface area is 187 Å². The number of nitrogens with zero attached hydrogens (tertiary/aromatic N) is 2. The molecule has 2 N–H and O–H groups in total. The van der Waals surface area contributed by atoms with Crippen molar-refractivity contribution in [1.29, 1.82) is 0 Å². The van der Waals surface area contributed by atoms with Gasteiger partial charge in [0.15, 0.2) is 0 Å². The summed E-state index contributed by atoms with van der Waals surface area (Å²) in [6.07, 6.45) is 0.917. The van der Waals surface area contributed by atoms with Crippen molar-refractivity contribution >= 4 is 29.1 Å². The van der Waals surface area contributed by atoms with Gasteiger partial charge < -0.3 is 10.6 Å². The lowest BCUT2D eigenvalue weighted by Gasteiger charge is -2.34. The zero-order valence-corrected chi connectivity index (χ0v) is 18.4. The average Bonchev–Trinajstić information content (AvgIpc) is 2.78. The molecule has 0 aliphatic carbocycles. The summed E-state index contributed by atoms with van der Waals surface area (Å²) in [5, 5.41) is 5.72. The zero-order valence-electron chi connectivity index (χ0n) is 17.7. The molecule has 3 rings (SSSR count). The van der Waals surface area contributed by atoms with E-state index in [9.17, 15) is 14.0 Å². The first-order chi connectivity index (χ1) is 15.0. The minimum absolute atomic E-state index is 0.280. The van der Waals surface area contributed by atoms with E-state index in [1.165, 1.54) is 11.6 Å². The number of halogens is 2. The molecule has 6 nitrogen and oxygen atoms in total. The molecule has 2 aromatic carbocycles. The highest BCUT2D eigenvalue weighted by Gasteiger charge is 2.20. The first kappa shape index (κ1) is 23.2. The van der Waals surface area contributed by atoms with E-state index in [4.69, 9.17) is 11.6 Å². The lowest BCUT2D eigenvalue weighted by Crippen LogP contribution is -2.48. The molecule has 1 saturated heterocycles. The smallest absolute Gasteiger partial charge is 0.313 e. The number of aryl methyl sites for hydroxylation is 1. The van der Waals surface area contributed by atoms with Gasteiger partial charge >= 0.3 is 11.8 Å². The molecule has 0 spiro atoms. The third-order valence-corrected chi connectivity index (χ3v) is 5.80. The van der Waals surface area contributed by atoms with Crippen molar-refractivity contribution in [2.24, 2.45) is 0 Å². The van der Waals surface area contributed by atoms with Gasteiger partial charge in [-0.1, -0.05) is 36.7 Å². The molecule has 0 bridgehead atoms. The summed E-state index contributed by atoms with van der Waals surface area (Å²) in [7, 11) is 0. The molecule has 0 saturated carbocycles. The fourth-order valence-corrected chi connectivity index (χ4v) is 3.72. The maximum absolute atomic E-state index is 14.0. The Bertz CT molecular complexity index is 879. The molecule has 0 atom stereocenters. The van der Waals surface area contributed by atoms with E-state index in [0.717, 1.165) is 32.6 Å². The Morgan fingerprint density at radius 2 is 1.68 bits per heavy atom. The number of hydrogen-bond donors (Lipinski definition) is 2. The Balaban J connectivity index is 1.35. The Morgan fingerprint density at radius 1 is 1.00 bits per heavy atom. The molecular weight excluding hydrogens is 419 g/mol. The van der Waals surface area contributed by atoms with Crippen LogP contribution in [0.5, 0.6) is 0 Å². The van der Waals surface area contributed by atoms with Crippen molar-refractivity contribution in [2.45, 2.75) is 19.9 Å². The highest BCUT2D eigenvalue weighted by atomic mass is 35.5. The Kier molecular flexibility index (Phi) is 8.40. The highest BCUT2D eigenvalue weighted by Crippen LogP contribution is 2.21. The SMILES string of the molecule is CCc1ccc(NC(=O)C(=O)NCCN2CCN(Cc3c(F)cccc3Cl)CC2)cc1. The van der Waals surface area contributed by atoms with E-state index in [1.54, 1.807) is 24.3 Å². The molecule has 2 amide bonds. The van der Waals surface area contributed by atoms with Crippen molar-refractivity contribution < 1.29 is 14.0 Å². The van der Waals surface area contributed by atoms with E-state index in [0.29, 0.717) is 35.9 Å². The molecule has 31 heavy (non-hydrogen) atoms. The van der Waals surface area contributed by atoms with Gasteiger partial charge in [-0.05, 0) is 36.2 Å². The van der Waals surface area contributed by atoms with Crippen LogP contribution in [-0.2, 0) is 22.6 Å². The maximum atomic E-state index is 14.0. The molecule has 8 heteroatoms. The lowest BCUT2D eigenvalue weighted by atomic mass is 10.1. The van der Waals surface area contributed by atoms with Crippen LogP contribution < -0.4 is 10.6 Å². The van der Waals surface area contributed by atoms with Gasteiger partial charge in [0.1, 0.15) is 5.82 Å². The highest BCUT2D eigenvalue weighted by molar-refractivity contribution is 6.39. The van der Waals surface area contributed by atoms with Crippen LogP contribution >= 0.6 is 11.6 Å². The molecule has 0 aromatic heterocycles. The Hall–Kier alpha value is -2.48. The van der Waals surface area contributed by atoms with Crippen molar-refractivity contribution in [3.05, 3.63) is 64.4 Å². The summed E-state index contributed by atoms with van der Waals surface area (Å²) in [4.78, 5) is 28.4. The van der Waals surface area contributed by atoms with Gasteiger partial charge in [-0.3, -0.25) is 19.4 Å². The second kappa shape index (κ2) is 11.2. The first-order valence-electron chi connectivity index (χ1n) is 10.5. The van der Waals surface area contributed by atoms with Gasteiger partial charge in [0.2, 0.25) is 0 Å². The number of nitrogens with one attached hydrogen (secondary N) is 2. The van der Waals surface area contributed by atoms with Crippen LogP contribution in [0.15, 0.2) is 42.5 Å². The van der Waals surface area contributed by atoms with Gasteiger partial charge in [0.05, 0.1) is 0 Å². The van der Waals surface area contributed by atoms with E-state index in [2.05, 4.69) is 27.4 Å². The molecule has 166 valence electrons. The van der Waals surface area contributed by atoms with E-state index in [1.807, 2.05) is 12.1 Å². The molecule has 1 fully saturated rings. The molecule has 1 aliphatic rings. The standard InChI is InChI=1S/C23H28ClFN4O2/c1-2-17-6-8-18(9-7-17)27-23(31)22(30)26-10-11-28-12-14-29(15-13-28)16-19-20(24)4-3-5-21(19)25/h3-9H,2,10-16H2,1H3,(H,26,30)(H,27,31). The summed E-state index contributed by atoms with van der Waals surface area (Å²) in [6.45, 7) is 6.75. The van der Waals surface area contributed by atoms with Crippen LogP contribution in [0.4, 0.5) is 10.1 Å². The fraction of sp³-hybridized carbons (Fsp3) is 0.391. The largest absolute Gasteiger partial charge is 0.347 e. The normalized spacial score (nSPS) is 14.9. The number of anilines is 1. The van der Waals surface area contributed by atoms with Crippen LogP contribution in [0.2, 0.25) is 5.02 Å². The quantitative estimate of drug-likeness (QED) is 0.642. The van der Waals surface area contributed by atoms with Gasteiger partial charge in [-0.25, -0.2) is 4.39 Å². The third kappa shape index (κ3) is 6.75. The number of hydrogen-bond acceptors (Lipinski definition) is 4. The van der Waals surface area contributed by atoms with Crippen molar-refractivity contribution in [1.82, 2.24) is 15.1 Å². The van der Waals surface area contributed by atoms with Gasteiger partial charge in [-0.2, -0.15) is 0 Å². The average molecular weight is 447 g/mol. The Morgan fingerprint density at radius 3 is 2.32 bits per heavy atom.